The van der Waals surface area contributed by atoms with Gasteiger partial charge in [0.1, 0.15) is 5.82 Å². The minimum Gasteiger partial charge on any atom is -0.619 e. The number of para-hydroxylation sites is 1. The van der Waals surface area contributed by atoms with E-state index < -0.39 is 0 Å². The molecule has 462 valence electrons. The molecule has 1 aromatic carbocycles. The van der Waals surface area contributed by atoms with E-state index in [9.17, 15) is 10.4 Å². The zero-order chi connectivity index (χ0) is 65.8. The van der Waals surface area contributed by atoms with Crippen molar-refractivity contribution in [3.63, 3.8) is 0 Å². The van der Waals surface area contributed by atoms with Gasteiger partial charge in [0.2, 0.25) is 0 Å². The summed E-state index contributed by atoms with van der Waals surface area (Å²) in [7, 11) is 0. The number of hydrogen-bond acceptors (Lipinski definition) is 12. The molecule has 0 spiro atoms. The molecule has 0 aliphatic heterocycles. The normalized spacial score (nSPS) is 9.27. The number of fused-ring (bicyclic) bond motifs is 1. The average molecular weight is 1190 g/mol. The maximum atomic E-state index is 10.5. The van der Waals surface area contributed by atoms with E-state index in [1.807, 2.05) is 212 Å². The number of benzene rings is 1. The first-order chi connectivity index (χ1) is 42.5. The average Bonchev–Trinajstić information content (AvgIpc) is 3.72. The predicted molar refractivity (Wildman–Crippen MR) is 365 cm³/mol. The van der Waals surface area contributed by atoms with Crippen LogP contribution in [0.4, 0.5) is 0 Å². The van der Waals surface area contributed by atoms with Crippen molar-refractivity contribution in [2.24, 2.45) is 0 Å². The van der Waals surface area contributed by atoms with Crippen LogP contribution in [0.15, 0.2) is 238 Å². The third kappa shape index (κ3) is 38.4. The topological polar surface area (TPSA) is 183 Å². The lowest BCUT2D eigenvalue weighted by Crippen LogP contribution is -2.28. The summed E-state index contributed by atoms with van der Waals surface area (Å²) in [6.45, 7) is 33.9. The Morgan fingerprint density at radius 1 is 0.303 bits per heavy atom. The fourth-order valence-electron chi connectivity index (χ4n) is 6.65. The first-order valence-corrected chi connectivity index (χ1v) is 29.1. The van der Waals surface area contributed by atoms with E-state index in [2.05, 4.69) is 107 Å². The van der Waals surface area contributed by atoms with Crippen molar-refractivity contribution in [3.05, 3.63) is 345 Å². The van der Waals surface area contributed by atoms with Crippen molar-refractivity contribution < 1.29 is 9.46 Å². The Balaban J connectivity index is 0.000000335. The van der Waals surface area contributed by atoms with Crippen LogP contribution in [0.25, 0.3) is 10.9 Å². The summed E-state index contributed by atoms with van der Waals surface area (Å²) in [5.41, 5.74) is 19.2. The Bertz CT molecular complexity index is 3410. The van der Waals surface area contributed by atoms with Gasteiger partial charge in [0.15, 0.2) is 24.3 Å². The Hall–Kier alpha value is -10.3. The van der Waals surface area contributed by atoms with Crippen LogP contribution in [-0.2, 0) is 0 Å². The molecule has 11 aromatic heterocycles. The van der Waals surface area contributed by atoms with Gasteiger partial charge in [0, 0.05) is 138 Å². The molecule has 0 N–H and O–H groups in total. The molecule has 0 saturated heterocycles. The zero-order valence-corrected chi connectivity index (χ0v) is 55.2. The smallest absolute Gasteiger partial charge is 0.189 e. The Labute approximate surface area is 529 Å². The van der Waals surface area contributed by atoms with E-state index in [1.54, 1.807) is 68.2 Å². The summed E-state index contributed by atoms with van der Waals surface area (Å²) in [5.74, 6) is 0.822. The van der Waals surface area contributed by atoms with Crippen molar-refractivity contribution in [1.29, 1.82) is 0 Å². The summed E-state index contributed by atoms with van der Waals surface area (Å²) in [6, 6.07) is 51.1. The Morgan fingerprint density at radius 2 is 0.843 bits per heavy atom. The third-order valence-corrected chi connectivity index (χ3v) is 11.8. The lowest BCUT2D eigenvalue weighted by atomic mass is 10.2. The quantitative estimate of drug-likeness (QED) is 0.104. The summed E-state index contributed by atoms with van der Waals surface area (Å²) in [5, 5.41) is 22.1. The molecule has 0 atom stereocenters. The molecule has 11 heterocycles. The molecule has 0 radical (unpaired) electrons. The van der Waals surface area contributed by atoms with E-state index >= 15 is 0 Å². The Kier molecular flexibility index (Phi) is 37.1. The van der Waals surface area contributed by atoms with Crippen LogP contribution in [0, 0.1) is 128 Å². The van der Waals surface area contributed by atoms with Crippen LogP contribution in [0.2, 0.25) is 0 Å². The van der Waals surface area contributed by atoms with Crippen LogP contribution in [-0.4, -0.2) is 49.8 Å². The molecule has 0 aliphatic carbocycles. The maximum absolute atomic E-state index is 10.5. The number of aryl methyl sites for hydroxylation is 17. The molecule has 0 unspecified atom stereocenters. The minimum atomic E-state index is 0.729. The first-order valence-electron chi connectivity index (χ1n) is 29.1. The molecule has 0 saturated carbocycles. The van der Waals surface area contributed by atoms with Gasteiger partial charge in [-0.3, -0.25) is 39.9 Å². The molecular weight excluding hydrogens is 1100 g/mol. The SMILES string of the molecule is Cc1cc[n+]([O-])cc1.Cc1ccc(C)nc1.Cc1ccc(C)nc1.Cc1ccc2ccccc2n1.Cc1cccc(C)n1.Cc1cccc[n+]1[O-].Cc1cccnc1.Cc1ccnc(C)c1.Cc1ccncc1.Cc1cnc(C)c(C)c1.Cc1ncccn1. The first kappa shape index (κ1) is 74.8. The molecule has 0 fully saturated rings. The highest BCUT2D eigenvalue weighted by Crippen LogP contribution is 2.11. The van der Waals surface area contributed by atoms with E-state index in [-0.39, 0.29) is 0 Å². The summed E-state index contributed by atoms with van der Waals surface area (Å²) >= 11 is 0. The molecule has 14 heteroatoms. The van der Waals surface area contributed by atoms with E-state index in [0.29, 0.717) is 0 Å². The minimum absolute atomic E-state index is 0.729. The van der Waals surface area contributed by atoms with E-state index in [0.717, 1.165) is 71.9 Å². The van der Waals surface area contributed by atoms with Gasteiger partial charge in [-0.25, -0.2) is 9.97 Å². The molecular formula is C75H90N12O2. The zero-order valence-electron chi connectivity index (χ0n) is 55.2. The fourth-order valence-corrected chi connectivity index (χ4v) is 6.65. The molecule has 0 aliphatic rings. The third-order valence-electron chi connectivity index (χ3n) is 11.8. The van der Waals surface area contributed by atoms with Gasteiger partial charge in [0.25, 0.3) is 0 Å². The standard InChI is InChI=1S/C10H9N.C8H11N.4C7H9N.2C6H7NO.2C6H7N.C5H6N2/c1-8-6-7-9-4-2-3-5-10(9)11-8;1-6-4-7(2)8(3)9-5-6;1-6-3-4-8-7(2)5-6;2*1-6-3-4-7(2)8-5-6;1-6-4-3-5-7(2)8-6;1-6-2-4-7(8)5-3-6;1-6-4-2-3-5-7(6)8;1-6-2-4-7-5-3-6;1-6-3-2-4-7-5-6;1-5-6-3-2-4-7-5/h2-7H,1H3;4-5H,1-3H3;4*3-5H,1-2H3;2*2-5H,1H3;2*2-5H,1H3;2-4H,1H3. The lowest BCUT2D eigenvalue weighted by molar-refractivity contribution is -0.612. The number of pyridine rings is 10. The van der Waals surface area contributed by atoms with Crippen LogP contribution in [0.3, 0.4) is 0 Å². The molecule has 89 heavy (non-hydrogen) atoms. The maximum Gasteiger partial charge on any atom is 0.189 e. The van der Waals surface area contributed by atoms with Crippen molar-refractivity contribution >= 4 is 10.9 Å². The van der Waals surface area contributed by atoms with Crippen LogP contribution in [0.5, 0.6) is 0 Å². The number of aromatic nitrogens is 12. The van der Waals surface area contributed by atoms with Gasteiger partial charge in [-0.15, -0.1) is 0 Å². The van der Waals surface area contributed by atoms with Gasteiger partial charge in [-0.2, -0.15) is 9.46 Å². The van der Waals surface area contributed by atoms with Crippen LogP contribution >= 0.6 is 0 Å². The lowest BCUT2D eigenvalue weighted by Gasteiger charge is -1.97. The van der Waals surface area contributed by atoms with Gasteiger partial charge < -0.3 is 10.4 Å². The van der Waals surface area contributed by atoms with Crippen LogP contribution in [0.1, 0.15) is 95.9 Å². The van der Waals surface area contributed by atoms with Gasteiger partial charge in [-0.1, -0.05) is 60.7 Å². The van der Waals surface area contributed by atoms with Gasteiger partial charge in [0.05, 0.1) is 5.52 Å². The van der Waals surface area contributed by atoms with E-state index in [4.69, 9.17) is 0 Å². The Morgan fingerprint density at radius 3 is 1.22 bits per heavy atom. The highest BCUT2D eigenvalue weighted by atomic mass is 16.5. The van der Waals surface area contributed by atoms with E-state index in [1.165, 1.54) is 62.9 Å². The van der Waals surface area contributed by atoms with Crippen molar-refractivity contribution in [2.75, 3.05) is 0 Å². The second-order valence-corrected chi connectivity index (χ2v) is 20.7. The second kappa shape index (κ2) is 44.2. The van der Waals surface area contributed by atoms with Gasteiger partial charge >= 0.3 is 0 Å². The molecule has 0 bridgehead atoms. The van der Waals surface area contributed by atoms with Gasteiger partial charge in [-0.05, 0) is 228 Å². The number of rotatable bonds is 0. The summed E-state index contributed by atoms with van der Waals surface area (Å²) in [6.07, 6.45) is 22.5. The summed E-state index contributed by atoms with van der Waals surface area (Å²) < 4.78 is 1.60. The predicted octanol–water partition coefficient (Wildman–Crippen LogP) is 16.2. The molecule has 12 aromatic rings. The molecule has 14 nitrogen and oxygen atoms in total. The van der Waals surface area contributed by atoms with Crippen molar-refractivity contribution in [2.45, 2.75) is 118 Å². The molecule has 12 rings (SSSR count). The number of hydrogen-bond donors (Lipinski definition) is 0. The van der Waals surface area contributed by atoms with Crippen LogP contribution < -0.4 is 9.46 Å². The van der Waals surface area contributed by atoms with Crippen molar-refractivity contribution in [1.82, 2.24) is 49.8 Å². The number of nitrogens with zero attached hydrogens (tertiary/aromatic N) is 12. The molecule has 0 amide bonds. The second-order valence-electron chi connectivity index (χ2n) is 20.7. The highest BCUT2D eigenvalue weighted by molar-refractivity contribution is 5.78. The largest absolute Gasteiger partial charge is 0.619 e. The van der Waals surface area contributed by atoms with Crippen molar-refractivity contribution in [3.8, 4) is 0 Å². The monoisotopic (exact) mass is 1190 g/mol. The summed E-state index contributed by atoms with van der Waals surface area (Å²) in [4.78, 5) is 40.4. The fraction of sp³-hybridized carbons (Fsp3) is 0.227. The highest BCUT2D eigenvalue weighted by Gasteiger charge is 1.93.